The van der Waals surface area contributed by atoms with E-state index < -0.39 is 35.6 Å². The zero-order valence-electron chi connectivity index (χ0n) is 16.8. The maximum absolute atomic E-state index is 13.5. The van der Waals surface area contributed by atoms with E-state index in [4.69, 9.17) is 9.47 Å². The molecular weight excluding hydrogens is 364 g/mol. The number of rotatable bonds is 8. The molecular formula is C20H30N2O6. The summed E-state index contributed by atoms with van der Waals surface area (Å²) in [4.78, 5) is 42.5. The van der Waals surface area contributed by atoms with Gasteiger partial charge in [0.25, 0.3) is 0 Å². The van der Waals surface area contributed by atoms with Crippen LogP contribution in [0.3, 0.4) is 0 Å². The Labute approximate surface area is 165 Å². The van der Waals surface area contributed by atoms with E-state index in [0.29, 0.717) is 19.4 Å². The highest BCUT2D eigenvalue weighted by Crippen LogP contribution is 2.58. The molecule has 0 aliphatic carbocycles. The van der Waals surface area contributed by atoms with Gasteiger partial charge in [0.05, 0.1) is 31.2 Å². The molecule has 3 aliphatic rings. The quantitative estimate of drug-likeness (QED) is 0.471. The van der Waals surface area contributed by atoms with Crippen LogP contribution in [0.1, 0.15) is 33.6 Å². The molecule has 3 fully saturated rings. The van der Waals surface area contributed by atoms with E-state index >= 15 is 0 Å². The first kappa shape index (κ1) is 20.8. The zero-order chi connectivity index (χ0) is 20.6. The lowest BCUT2D eigenvalue weighted by Crippen LogP contribution is -2.57. The molecule has 3 saturated heterocycles. The fourth-order valence-corrected chi connectivity index (χ4v) is 5.14. The van der Waals surface area contributed by atoms with Gasteiger partial charge in [0.2, 0.25) is 11.8 Å². The van der Waals surface area contributed by atoms with Crippen molar-refractivity contribution < 1.29 is 29.0 Å². The average Bonchev–Trinajstić information content (AvgIpc) is 3.27. The van der Waals surface area contributed by atoms with Gasteiger partial charge in [-0.2, -0.15) is 0 Å². The molecule has 2 bridgehead atoms. The van der Waals surface area contributed by atoms with Crippen molar-refractivity contribution in [3.8, 4) is 0 Å². The highest BCUT2D eigenvalue weighted by Gasteiger charge is 2.75. The Morgan fingerprint density at radius 2 is 2.21 bits per heavy atom. The van der Waals surface area contributed by atoms with Crippen LogP contribution in [0.5, 0.6) is 0 Å². The minimum absolute atomic E-state index is 0.0249. The number of ether oxygens (including phenoxy) is 2. The van der Waals surface area contributed by atoms with Gasteiger partial charge in [-0.15, -0.1) is 6.58 Å². The van der Waals surface area contributed by atoms with Crippen molar-refractivity contribution in [1.82, 2.24) is 9.80 Å². The third kappa shape index (κ3) is 2.93. The molecule has 3 rings (SSSR count). The molecule has 1 N–H and O–H groups in total. The largest absolute Gasteiger partial charge is 0.466 e. The lowest BCUT2D eigenvalue weighted by Gasteiger charge is -2.38. The van der Waals surface area contributed by atoms with Crippen LogP contribution in [0.2, 0.25) is 0 Å². The van der Waals surface area contributed by atoms with E-state index in [0.717, 1.165) is 0 Å². The molecule has 156 valence electrons. The number of nitrogens with zero attached hydrogens (tertiary/aromatic N) is 2. The standard InChI is InChI=1S/C20H30N2O6/c1-5-9-21(12(3)4)18(25)16-20-8-7-13(28-20)14(19(26)27-6-2)15(20)17(24)22(16)10-11-23/h5,12-16,23H,1,6-11H2,2-4H3/t13-,14+,15+,16-,20+/m1/s1. The Kier molecular flexibility index (Phi) is 5.82. The predicted molar refractivity (Wildman–Crippen MR) is 100 cm³/mol. The summed E-state index contributed by atoms with van der Waals surface area (Å²) in [5.74, 6) is -2.44. The molecule has 8 nitrogen and oxygen atoms in total. The number of aliphatic hydroxyl groups is 1. The fraction of sp³-hybridized carbons (Fsp3) is 0.750. The third-order valence-corrected chi connectivity index (χ3v) is 6.17. The highest BCUT2D eigenvalue weighted by atomic mass is 16.6. The lowest BCUT2D eigenvalue weighted by atomic mass is 9.70. The number of likely N-dealkylation sites (tertiary alicyclic amines) is 1. The summed E-state index contributed by atoms with van der Waals surface area (Å²) in [5, 5.41) is 9.52. The van der Waals surface area contributed by atoms with Crippen LogP contribution in [0.4, 0.5) is 0 Å². The predicted octanol–water partition coefficient (Wildman–Crippen LogP) is 0.339. The number of fused-ring (bicyclic) bond motifs is 1. The molecule has 2 amide bonds. The number of esters is 1. The Hall–Kier alpha value is -1.93. The molecule has 0 aromatic carbocycles. The maximum atomic E-state index is 13.5. The maximum Gasteiger partial charge on any atom is 0.312 e. The number of amides is 2. The van der Waals surface area contributed by atoms with Crippen LogP contribution >= 0.6 is 0 Å². The van der Waals surface area contributed by atoms with Gasteiger partial charge in [0.1, 0.15) is 11.6 Å². The van der Waals surface area contributed by atoms with Gasteiger partial charge >= 0.3 is 5.97 Å². The van der Waals surface area contributed by atoms with Crippen LogP contribution in [0.15, 0.2) is 12.7 Å². The first-order valence-corrected chi connectivity index (χ1v) is 10.0. The molecule has 3 aliphatic heterocycles. The van der Waals surface area contributed by atoms with E-state index in [9.17, 15) is 19.5 Å². The van der Waals surface area contributed by atoms with E-state index in [-0.39, 0.29) is 37.6 Å². The molecule has 5 atom stereocenters. The summed E-state index contributed by atoms with van der Waals surface area (Å²) in [5.41, 5.74) is -1.04. The number of β-amino-alcohol motifs (C(OH)–C–C–N with tert-alkyl or cyclic N) is 1. The van der Waals surface area contributed by atoms with Crippen molar-refractivity contribution in [2.75, 3.05) is 26.3 Å². The zero-order valence-corrected chi connectivity index (χ0v) is 16.8. The first-order chi connectivity index (χ1) is 13.3. The van der Waals surface area contributed by atoms with Crippen LogP contribution in [-0.2, 0) is 23.9 Å². The monoisotopic (exact) mass is 394 g/mol. The summed E-state index contributed by atoms with van der Waals surface area (Å²) in [6.07, 6.45) is 2.37. The second kappa shape index (κ2) is 7.83. The summed E-state index contributed by atoms with van der Waals surface area (Å²) in [6, 6.07) is -0.949. The molecule has 0 radical (unpaired) electrons. The van der Waals surface area contributed by atoms with Gasteiger partial charge in [-0.05, 0) is 33.6 Å². The van der Waals surface area contributed by atoms with Crippen LogP contribution in [0, 0.1) is 11.8 Å². The Morgan fingerprint density at radius 3 is 2.79 bits per heavy atom. The van der Waals surface area contributed by atoms with Crippen LogP contribution in [-0.4, -0.2) is 82.8 Å². The van der Waals surface area contributed by atoms with Crippen LogP contribution < -0.4 is 0 Å². The minimum atomic E-state index is -1.04. The van der Waals surface area contributed by atoms with Gasteiger partial charge in [-0.1, -0.05) is 6.08 Å². The smallest absolute Gasteiger partial charge is 0.312 e. The molecule has 8 heteroatoms. The average molecular weight is 394 g/mol. The number of aliphatic hydroxyl groups excluding tert-OH is 1. The van der Waals surface area contributed by atoms with Crippen molar-refractivity contribution in [3.05, 3.63) is 12.7 Å². The van der Waals surface area contributed by atoms with Crippen molar-refractivity contribution in [2.45, 2.75) is 57.4 Å². The van der Waals surface area contributed by atoms with Crippen LogP contribution in [0.25, 0.3) is 0 Å². The topological polar surface area (TPSA) is 96.4 Å². The molecule has 0 aromatic heterocycles. The van der Waals surface area contributed by atoms with E-state index in [1.54, 1.807) is 17.9 Å². The summed E-state index contributed by atoms with van der Waals surface area (Å²) >= 11 is 0. The van der Waals surface area contributed by atoms with E-state index in [2.05, 4.69) is 6.58 Å². The first-order valence-electron chi connectivity index (χ1n) is 10.0. The van der Waals surface area contributed by atoms with Crippen molar-refractivity contribution in [1.29, 1.82) is 0 Å². The van der Waals surface area contributed by atoms with E-state index in [1.807, 2.05) is 13.8 Å². The van der Waals surface area contributed by atoms with Crippen molar-refractivity contribution >= 4 is 17.8 Å². The summed E-state index contributed by atoms with van der Waals surface area (Å²) in [6.45, 7) is 9.57. The van der Waals surface area contributed by atoms with Gasteiger partial charge in [-0.25, -0.2) is 0 Å². The minimum Gasteiger partial charge on any atom is -0.466 e. The molecule has 0 aromatic rings. The third-order valence-electron chi connectivity index (χ3n) is 6.17. The number of carbonyl (C=O) groups is 3. The molecule has 3 heterocycles. The normalized spacial score (nSPS) is 33.3. The number of carbonyl (C=O) groups excluding carboxylic acids is 3. The molecule has 28 heavy (non-hydrogen) atoms. The second-order valence-corrected chi connectivity index (χ2v) is 7.94. The van der Waals surface area contributed by atoms with Gasteiger partial charge in [0, 0.05) is 19.1 Å². The number of hydrogen-bond acceptors (Lipinski definition) is 6. The molecule has 0 unspecified atom stereocenters. The Balaban J connectivity index is 2.02. The highest BCUT2D eigenvalue weighted by molar-refractivity contribution is 5.98. The Bertz CT molecular complexity index is 665. The van der Waals surface area contributed by atoms with Crippen molar-refractivity contribution in [2.24, 2.45) is 11.8 Å². The fourth-order valence-electron chi connectivity index (χ4n) is 5.14. The number of hydrogen-bond donors (Lipinski definition) is 1. The molecule has 0 saturated carbocycles. The molecule has 1 spiro atoms. The van der Waals surface area contributed by atoms with Gasteiger partial charge in [0.15, 0.2) is 0 Å². The Morgan fingerprint density at radius 1 is 1.50 bits per heavy atom. The van der Waals surface area contributed by atoms with Gasteiger partial charge in [-0.3, -0.25) is 14.4 Å². The van der Waals surface area contributed by atoms with Gasteiger partial charge < -0.3 is 24.4 Å². The van der Waals surface area contributed by atoms with E-state index in [1.165, 1.54) is 4.90 Å². The van der Waals surface area contributed by atoms with Crippen molar-refractivity contribution in [3.63, 3.8) is 0 Å². The summed E-state index contributed by atoms with van der Waals surface area (Å²) in [7, 11) is 0. The summed E-state index contributed by atoms with van der Waals surface area (Å²) < 4.78 is 11.4. The lowest BCUT2D eigenvalue weighted by molar-refractivity contribution is -0.155. The second-order valence-electron chi connectivity index (χ2n) is 7.94. The SMILES string of the molecule is C=CCN(C(=O)[C@H]1N(CCO)C(=O)[C@@H]2[C@@H](C(=O)OCC)[C@H]3CC[C@]21O3)C(C)C.